The molecule has 4 nitrogen and oxygen atoms in total. The van der Waals surface area contributed by atoms with Gasteiger partial charge in [-0.05, 0) is 12.8 Å². The fraction of sp³-hybridized carbons (Fsp3) is 1.00. The van der Waals surface area contributed by atoms with Crippen molar-refractivity contribution in [3.05, 3.63) is 0 Å². The highest BCUT2D eigenvalue weighted by Gasteiger charge is 2.46. The maximum Gasteiger partial charge on any atom is 0.0621 e. The van der Waals surface area contributed by atoms with Crippen molar-refractivity contribution >= 4 is 0 Å². The second-order valence-electron chi connectivity index (χ2n) is 5.04. The first-order valence-corrected chi connectivity index (χ1v) is 6.07. The highest BCUT2D eigenvalue weighted by molar-refractivity contribution is 5.01. The van der Waals surface area contributed by atoms with E-state index in [4.69, 9.17) is 9.47 Å². The highest BCUT2D eigenvalue weighted by atomic mass is 16.5. The molecule has 2 unspecified atom stereocenters. The van der Waals surface area contributed by atoms with Gasteiger partial charge in [0.25, 0.3) is 0 Å². The second-order valence-corrected chi connectivity index (χ2v) is 5.04. The zero-order valence-electron chi connectivity index (χ0n) is 10.7. The van der Waals surface area contributed by atoms with Gasteiger partial charge in [-0.1, -0.05) is 13.8 Å². The van der Waals surface area contributed by atoms with Crippen LogP contribution in [-0.2, 0) is 9.47 Å². The average molecular weight is 231 g/mol. The number of hydrogen-bond acceptors (Lipinski definition) is 4. The van der Waals surface area contributed by atoms with Crippen molar-refractivity contribution in [3.8, 4) is 0 Å². The molecule has 16 heavy (non-hydrogen) atoms. The predicted octanol–water partition coefficient (Wildman–Crippen LogP) is 0.788. The summed E-state index contributed by atoms with van der Waals surface area (Å²) < 4.78 is 10.4. The molecule has 0 aromatic rings. The minimum absolute atomic E-state index is 0.00997. The fourth-order valence-corrected chi connectivity index (χ4v) is 1.96. The molecule has 4 heteroatoms. The van der Waals surface area contributed by atoms with Crippen LogP contribution in [0.15, 0.2) is 0 Å². The van der Waals surface area contributed by atoms with E-state index in [1.807, 2.05) is 0 Å². The minimum atomic E-state index is -0.160. The number of aliphatic hydroxyl groups is 1. The zero-order chi connectivity index (χ0) is 12.0. The van der Waals surface area contributed by atoms with Crippen molar-refractivity contribution in [2.75, 3.05) is 33.5 Å². The van der Waals surface area contributed by atoms with E-state index < -0.39 is 0 Å². The van der Waals surface area contributed by atoms with E-state index >= 15 is 0 Å². The number of methoxy groups -OCH3 is 1. The number of nitrogens with one attached hydrogen (secondary N) is 1. The fourth-order valence-electron chi connectivity index (χ4n) is 1.96. The molecule has 2 N–H and O–H groups in total. The van der Waals surface area contributed by atoms with Crippen LogP contribution >= 0.6 is 0 Å². The van der Waals surface area contributed by atoms with Crippen molar-refractivity contribution in [1.29, 1.82) is 0 Å². The highest BCUT2D eigenvalue weighted by Crippen LogP contribution is 2.40. The van der Waals surface area contributed by atoms with Crippen molar-refractivity contribution in [3.63, 3.8) is 0 Å². The SMILES string of the molecule is COCCCOCCNC1CC(O)C1(C)C. The molecule has 96 valence electrons. The van der Waals surface area contributed by atoms with E-state index in [2.05, 4.69) is 19.2 Å². The van der Waals surface area contributed by atoms with Crippen molar-refractivity contribution < 1.29 is 14.6 Å². The van der Waals surface area contributed by atoms with Crippen LogP contribution < -0.4 is 5.32 Å². The number of rotatable bonds is 8. The van der Waals surface area contributed by atoms with E-state index in [0.29, 0.717) is 6.04 Å². The molecular weight excluding hydrogens is 206 g/mol. The third-order valence-electron chi connectivity index (χ3n) is 3.49. The summed E-state index contributed by atoms with van der Waals surface area (Å²) in [4.78, 5) is 0. The largest absolute Gasteiger partial charge is 0.392 e. The van der Waals surface area contributed by atoms with Crippen LogP contribution in [0.2, 0.25) is 0 Å². The van der Waals surface area contributed by atoms with E-state index in [9.17, 15) is 5.11 Å². The summed E-state index contributed by atoms with van der Waals surface area (Å²) in [6, 6.07) is 0.421. The van der Waals surface area contributed by atoms with E-state index in [0.717, 1.165) is 39.2 Å². The lowest BCUT2D eigenvalue weighted by molar-refractivity contribution is -0.0738. The number of aliphatic hydroxyl groups excluding tert-OH is 1. The molecule has 0 spiro atoms. The molecule has 0 aromatic heterocycles. The molecule has 1 saturated carbocycles. The molecule has 0 saturated heterocycles. The third kappa shape index (κ3) is 3.70. The lowest BCUT2D eigenvalue weighted by Gasteiger charge is -2.49. The Kier molecular flexibility index (Phi) is 5.69. The molecule has 1 aliphatic carbocycles. The Labute approximate surface area is 98.3 Å². The normalized spacial score (nSPS) is 27.8. The summed E-state index contributed by atoms with van der Waals surface area (Å²) in [5.41, 5.74) is 0.00997. The monoisotopic (exact) mass is 231 g/mol. The maximum atomic E-state index is 9.56. The number of hydrogen-bond donors (Lipinski definition) is 2. The molecule has 0 amide bonds. The van der Waals surface area contributed by atoms with Crippen LogP contribution in [0.25, 0.3) is 0 Å². The second kappa shape index (κ2) is 6.55. The van der Waals surface area contributed by atoms with Crippen molar-refractivity contribution in [2.45, 2.75) is 38.8 Å². The average Bonchev–Trinajstić information content (AvgIpc) is 2.26. The molecule has 0 aliphatic heterocycles. The Morgan fingerprint density at radius 1 is 1.31 bits per heavy atom. The van der Waals surface area contributed by atoms with Gasteiger partial charge in [0.1, 0.15) is 0 Å². The first-order chi connectivity index (χ1) is 7.59. The van der Waals surface area contributed by atoms with Crippen LogP contribution in [-0.4, -0.2) is 50.7 Å². The quantitative estimate of drug-likeness (QED) is 0.606. The molecule has 2 atom stereocenters. The Morgan fingerprint density at radius 3 is 2.62 bits per heavy atom. The van der Waals surface area contributed by atoms with Gasteiger partial charge in [-0.3, -0.25) is 0 Å². The van der Waals surface area contributed by atoms with Crippen LogP contribution in [0.1, 0.15) is 26.7 Å². The summed E-state index contributed by atoms with van der Waals surface area (Å²) in [6.45, 7) is 7.29. The van der Waals surface area contributed by atoms with Gasteiger partial charge in [0.15, 0.2) is 0 Å². The molecule has 0 aromatic carbocycles. The molecule has 0 radical (unpaired) electrons. The summed E-state index contributed by atoms with van der Waals surface area (Å²) in [6.07, 6.45) is 1.65. The van der Waals surface area contributed by atoms with Gasteiger partial charge in [0.2, 0.25) is 0 Å². The predicted molar refractivity (Wildman–Crippen MR) is 63.5 cm³/mol. The van der Waals surface area contributed by atoms with Gasteiger partial charge < -0.3 is 19.9 Å². The smallest absolute Gasteiger partial charge is 0.0621 e. The van der Waals surface area contributed by atoms with Gasteiger partial charge in [-0.15, -0.1) is 0 Å². The topological polar surface area (TPSA) is 50.7 Å². The van der Waals surface area contributed by atoms with Crippen LogP contribution in [0.3, 0.4) is 0 Å². The van der Waals surface area contributed by atoms with Gasteiger partial charge in [0.05, 0.1) is 12.7 Å². The maximum absolute atomic E-state index is 9.56. The first kappa shape index (κ1) is 13.9. The molecule has 0 bridgehead atoms. The zero-order valence-corrected chi connectivity index (χ0v) is 10.7. The van der Waals surface area contributed by atoms with E-state index in [1.165, 1.54) is 0 Å². The van der Waals surface area contributed by atoms with E-state index in [1.54, 1.807) is 7.11 Å². The Bertz CT molecular complexity index is 197. The van der Waals surface area contributed by atoms with Crippen LogP contribution in [0.4, 0.5) is 0 Å². The van der Waals surface area contributed by atoms with Crippen LogP contribution in [0, 0.1) is 5.41 Å². The van der Waals surface area contributed by atoms with Crippen molar-refractivity contribution in [1.82, 2.24) is 5.32 Å². The number of ether oxygens (including phenoxy) is 2. The van der Waals surface area contributed by atoms with Gasteiger partial charge in [0, 0.05) is 38.3 Å². The summed E-state index contributed by atoms with van der Waals surface area (Å²) in [5.74, 6) is 0. The molecular formula is C12H25NO3. The van der Waals surface area contributed by atoms with Gasteiger partial charge >= 0.3 is 0 Å². The summed E-state index contributed by atoms with van der Waals surface area (Å²) >= 11 is 0. The summed E-state index contributed by atoms with van der Waals surface area (Å²) in [5, 5.41) is 13.0. The van der Waals surface area contributed by atoms with Gasteiger partial charge in [-0.2, -0.15) is 0 Å². The summed E-state index contributed by atoms with van der Waals surface area (Å²) in [7, 11) is 1.70. The minimum Gasteiger partial charge on any atom is -0.392 e. The molecule has 1 rings (SSSR count). The Balaban J connectivity index is 1.93. The van der Waals surface area contributed by atoms with Crippen LogP contribution in [0.5, 0.6) is 0 Å². The molecule has 1 aliphatic rings. The van der Waals surface area contributed by atoms with Crippen molar-refractivity contribution in [2.24, 2.45) is 5.41 Å². The molecule has 1 fully saturated rings. The van der Waals surface area contributed by atoms with E-state index in [-0.39, 0.29) is 11.5 Å². The van der Waals surface area contributed by atoms with Gasteiger partial charge in [-0.25, -0.2) is 0 Å². The lowest BCUT2D eigenvalue weighted by Crippen LogP contribution is -2.60. The Hall–Kier alpha value is -0.160. The third-order valence-corrected chi connectivity index (χ3v) is 3.49. The molecule has 0 heterocycles. The standard InChI is InChI=1S/C12H25NO3/c1-12(2)10(9-11(12)14)13-5-8-16-7-4-6-15-3/h10-11,13-14H,4-9H2,1-3H3. The first-order valence-electron chi connectivity index (χ1n) is 6.07. The Morgan fingerprint density at radius 2 is 2.06 bits per heavy atom. The lowest BCUT2D eigenvalue weighted by atomic mass is 9.64.